The van der Waals surface area contributed by atoms with Gasteiger partial charge in [0.05, 0.1) is 30.9 Å². The third-order valence-electron chi connectivity index (χ3n) is 2.72. The predicted molar refractivity (Wildman–Crippen MR) is 58.7 cm³/mol. The third-order valence-corrected chi connectivity index (χ3v) is 2.72. The van der Waals surface area contributed by atoms with Gasteiger partial charge in [0.2, 0.25) is 0 Å². The molecule has 1 fully saturated rings. The van der Waals surface area contributed by atoms with Crippen molar-refractivity contribution in [2.45, 2.75) is 24.9 Å². The van der Waals surface area contributed by atoms with Crippen LogP contribution in [0.4, 0.5) is 0 Å². The maximum Gasteiger partial charge on any atom is 0.138 e. The molecule has 0 spiro atoms. The van der Waals surface area contributed by atoms with E-state index in [-0.39, 0.29) is 6.04 Å². The van der Waals surface area contributed by atoms with E-state index in [4.69, 9.17) is 10.00 Å². The number of hydrogen-bond acceptors (Lipinski definition) is 4. The lowest BCUT2D eigenvalue weighted by Gasteiger charge is -2.13. The van der Waals surface area contributed by atoms with Crippen molar-refractivity contribution < 1.29 is 4.74 Å². The van der Waals surface area contributed by atoms with Gasteiger partial charge in [-0.15, -0.1) is 0 Å². The maximum atomic E-state index is 9.13. The van der Waals surface area contributed by atoms with Crippen molar-refractivity contribution >= 4 is 0 Å². The van der Waals surface area contributed by atoms with Gasteiger partial charge in [-0.2, -0.15) is 5.26 Å². The van der Waals surface area contributed by atoms with Crippen molar-refractivity contribution in [3.63, 3.8) is 0 Å². The fraction of sp³-hybridized carbons (Fsp3) is 0.636. The van der Waals surface area contributed by atoms with Crippen LogP contribution in [0, 0.1) is 11.3 Å². The SMILES string of the molecule is COCCNC(C#N)c1cncn1C1CC1. The molecule has 0 radical (unpaired) electrons. The Hall–Kier alpha value is -1.38. The van der Waals surface area contributed by atoms with Gasteiger partial charge in [-0.1, -0.05) is 0 Å². The fourth-order valence-electron chi connectivity index (χ4n) is 1.72. The van der Waals surface area contributed by atoms with E-state index in [1.54, 1.807) is 13.3 Å². The zero-order chi connectivity index (χ0) is 11.4. The molecule has 16 heavy (non-hydrogen) atoms. The molecule has 0 aliphatic heterocycles. The minimum Gasteiger partial charge on any atom is -0.383 e. The highest BCUT2D eigenvalue weighted by Crippen LogP contribution is 2.36. The zero-order valence-electron chi connectivity index (χ0n) is 9.39. The Labute approximate surface area is 95.0 Å². The summed E-state index contributed by atoms with van der Waals surface area (Å²) in [5.74, 6) is 0. The number of ether oxygens (including phenoxy) is 1. The van der Waals surface area contributed by atoms with Gasteiger partial charge in [-0.3, -0.25) is 5.32 Å². The zero-order valence-corrected chi connectivity index (χ0v) is 9.39. The number of methoxy groups -OCH3 is 1. The highest BCUT2D eigenvalue weighted by atomic mass is 16.5. The Morgan fingerprint density at radius 1 is 1.75 bits per heavy atom. The topological polar surface area (TPSA) is 62.9 Å². The van der Waals surface area contributed by atoms with Gasteiger partial charge in [0.25, 0.3) is 0 Å². The highest BCUT2D eigenvalue weighted by molar-refractivity contribution is 5.15. The smallest absolute Gasteiger partial charge is 0.138 e. The Balaban J connectivity index is 2.02. The van der Waals surface area contributed by atoms with Crippen molar-refractivity contribution in [1.29, 1.82) is 5.26 Å². The van der Waals surface area contributed by atoms with Crippen molar-refractivity contribution in [2.24, 2.45) is 0 Å². The largest absolute Gasteiger partial charge is 0.383 e. The molecule has 1 atom stereocenters. The fourth-order valence-corrected chi connectivity index (χ4v) is 1.72. The van der Waals surface area contributed by atoms with Crippen molar-refractivity contribution in [3.8, 4) is 6.07 Å². The molecule has 0 bridgehead atoms. The van der Waals surface area contributed by atoms with Crippen LogP contribution in [0.2, 0.25) is 0 Å². The van der Waals surface area contributed by atoms with Gasteiger partial charge in [0, 0.05) is 19.7 Å². The van der Waals surface area contributed by atoms with Crippen molar-refractivity contribution in [2.75, 3.05) is 20.3 Å². The van der Waals surface area contributed by atoms with Gasteiger partial charge in [0.15, 0.2) is 0 Å². The number of nitrogens with one attached hydrogen (secondary N) is 1. The Morgan fingerprint density at radius 3 is 3.19 bits per heavy atom. The number of rotatable bonds is 6. The second-order valence-corrected chi connectivity index (χ2v) is 3.97. The van der Waals surface area contributed by atoms with Crippen LogP contribution in [0.3, 0.4) is 0 Å². The molecule has 5 heteroatoms. The van der Waals surface area contributed by atoms with Crippen LogP contribution in [0.5, 0.6) is 0 Å². The molecule has 1 unspecified atom stereocenters. The second-order valence-electron chi connectivity index (χ2n) is 3.97. The second kappa shape index (κ2) is 5.10. The Bertz CT molecular complexity index is 378. The van der Waals surface area contributed by atoms with Crippen LogP contribution in [-0.2, 0) is 4.74 Å². The van der Waals surface area contributed by atoms with E-state index in [1.807, 2.05) is 6.33 Å². The number of hydrogen-bond donors (Lipinski definition) is 1. The molecule has 1 aliphatic rings. The maximum absolute atomic E-state index is 9.13. The van der Waals surface area contributed by atoms with E-state index < -0.39 is 0 Å². The minimum absolute atomic E-state index is 0.293. The number of nitriles is 1. The molecule has 1 saturated carbocycles. The average molecular weight is 220 g/mol. The van der Waals surface area contributed by atoms with Crippen LogP contribution in [0.1, 0.15) is 30.6 Å². The van der Waals surface area contributed by atoms with Gasteiger partial charge in [0.1, 0.15) is 6.04 Å². The van der Waals surface area contributed by atoms with E-state index >= 15 is 0 Å². The van der Waals surface area contributed by atoms with E-state index in [1.165, 1.54) is 12.8 Å². The molecular weight excluding hydrogens is 204 g/mol. The lowest BCUT2D eigenvalue weighted by atomic mass is 10.2. The molecule has 0 saturated heterocycles. The predicted octanol–water partition coefficient (Wildman–Crippen LogP) is 1.02. The summed E-state index contributed by atoms with van der Waals surface area (Å²) >= 11 is 0. The quantitative estimate of drug-likeness (QED) is 0.727. The first-order valence-electron chi connectivity index (χ1n) is 5.50. The summed E-state index contributed by atoms with van der Waals surface area (Å²) in [6.07, 6.45) is 5.97. The van der Waals surface area contributed by atoms with Crippen LogP contribution >= 0.6 is 0 Å². The Morgan fingerprint density at radius 2 is 2.56 bits per heavy atom. The number of aromatic nitrogens is 2. The third kappa shape index (κ3) is 2.40. The summed E-state index contributed by atoms with van der Waals surface area (Å²) < 4.78 is 7.05. The minimum atomic E-state index is -0.293. The highest BCUT2D eigenvalue weighted by Gasteiger charge is 2.27. The molecule has 1 aliphatic carbocycles. The van der Waals surface area contributed by atoms with E-state index in [0.29, 0.717) is 19.2 Å². The summed E-state index contributed by atoms with van der Waals surface area (Å²) in [6, 6.07) is 2.52. The van der Waals surface area contributed by atoms with Crippen LogP contribution in [0.25, 0.3) is 0 Å². The molecule has 0 aromatic carbocycles. The van der Waals surface area contributed by atoms with Crippen molar-refractivity contribution in [1.82, 2.24) is 14.9 Å². The summed E-state index contributed by atoms with van der Waals surface area (Å²) in [6.45, 7) is 1.28. The summed E-state index contributed by atoms with van der Waals surface area (Å²) in [5.41, 5.74) is 0.959. The van der Waals surface area contributed by atoms with Gasteiger partial charge < -0.3 is 9.30 Å². The summed E-state index contributed by atoms with van der Waals surface area (Å²) in [4.78, 5) is 4.12. The first-order valence-corrected chi connectivity index (χ1v) is 5.50. The van der Waals surface area contributed by atoms with Gasteiger partial charge in [-0.05, 0) is 12.8 Å². The molecule has 1 aromatic heterocycles. The number of imidazole rings is 1. The normalized spacial score (nSPS) is 17.0. The molecule has 2 rings (SSSR count). The molecule has 86 valence electrons. The van der Waals surface area contributed by atoms with Gasteiger partial charge >= 0.3 is 0 Å². The molecular formula is C11H16N4O. The monoisotopic (exact) mass is 220 g/mol. The Kier molecular flexibility index (Phi) is 3.54. The molecule has 1 heterocycles. The first kappa shape index (κ1) is 11.1. The first-order chi connectivity index (χ1) is 7.86. The molecule has 1 N–H and O–H groups in total. The average Bonchev–Trinajstić information content (AvgIpc) is 3.04. The van der Waals surface area contributed by atoms with E-state index in [2.05, 4.69) is 20.9 Å². The van der Waals surface area contributed by atoms with Crippen molar-refractivity contribution in [3.05, 3.63) is 18.2 Å². The summed E-state index contributed by atoms with van der Waals surface area (Å²) in [5, 5.41) is 12.3. The van der Waals surface area contributed by atoms with Gasteiger partial charge in [-0.25, -0.2) is 4.98 Å². The lowest BCUT2D eigenvalue weighted by Crippen LogP contribution is -2.25. The molecule has 5 nitrogen and oxygen atoms in total. The van der Waals surface area contributed by atoms with Crippen LogP contribution in [-0.4, -0.2) is 29.8 Å². The standard InChI is InChI=1S/C11H16N4O/c1-16-5-4-14-10(6-12)11-7-13-8-15(11)9-2-3-9/h7-10,14H,2-5H2,1H3. The lowest BCUT2D eigenvalue weighted by molar-refractivity contribution is 0.197. The van der Waals surface area contributed by atoms with E-state index in [9.17, 15) is 0 Å². The molecule has 1 aromatic rings. The summed E-state index contributed by atoms with van der Waals surface area (Å²) in [7, 11) is 1.65. The van der Waals surface area contributed by atoms with Crippen LogP contribution < -0.4 is 5.32 Å². The molecule has 0 amide bonds. The number of nitrogens with zero attached hydrogens (tertiary/aromatic N) is 3. The van der Waals surface area contributed by atoms with E-state index in [0.717, 1.165) is 5.69 Å². The van der Waals surface area contributed by atoms with Crippen LogP contribution in [0.15, 0.2) is 12.5 Å².